The minimum absolute atomic E-state index is 0.0926. The maximum absolute atomic E-state index is 13.3. The van der Waals surface area contributed by atoms with Crippen LogP contribution in [-0.2, 0) is 20.8 Å². The van der Waals surface area contributed by atoms with Gasteiger partial charge in [-0.15, -0.1) is 10.2 Å². The summed E-state index contributed by atoms with van der Waals surface area (Å²) in [6.07, 6.45) is 6.28. The number of hydrogen-bond acceptors (Lipinski definition) is 6. The van der Waals surface area contributed by atoms with E-state index >= 15 is 0 Å². The summed E-state index contributed by atoms with van der Waals surface area (Å²) < 4.78 is 0. The standard InChI is InChI=1S/C21H20N4O3S/c26-18(23-21-24-22-11-29-21)15(10-12-4-2-1-3-5-12)25-19(27)16-13-6-7-14(9-8-13)17(16)20(25)28/h1-7,11,13-17H,8-10H2,(H,23,24,26)/t13-,14-,15+,16-,17+/m0/s1. The fourth-order valence-corrected chi connectivity index (χ4v) is 5.41. The molecule has 3 aliphatic carbocycles. The van der Waals surface area contributed by atoms with Gasteiger partial charge in [-0.25, -0.2) is 0 Å². The first kappa shape index (κ1) is 18.2. The summed E-state index contributed by atoms with van der Waals surface area (Å²) in [5, 5.41) is 10.7. The van der Waals surface area contributed by atoms with Crippen molar-refractivity contribution in [2.24, 2.45) is 23.7 Å². The van der Waals surface area contributed by atoms with Crippen LogP contribution < -0.4 is 5.32 Å². The second kappa shape index (κ2) is 7.18. The van der Waals surface area contributed by atoms with Crippen molar-refractivity contribution in [3.63, 3.8) is 0 Å². The van der Waals surface area contributed by atoms with Gasteiger partial charge in [0.1, 0.15) is 11.6 Å². The number of likely N-dealkylation sites (tertiary alicyclic amines) is 1. The summed E-state index contributed by atoms with van der Waals surface area (Å²) >= 11 is 1.20. The maximum atomic E-state index is 13.3. The van der Waals surface area contributed by atoms with E-state index in [1.165, 1.54) is 21.7 Å². The average Bonchev–Trinajstić information content (AvgIpc) is 3.35. The number of amides is 3. The minimum atomic E-state index is -0.911. The highest BCUT2D eigenvalue weighted by molar-refractivity contribution is 7.13. The largest absolute Gasteiger partial charge is 0.299 e. The van der Waals surface area contributed by atoms with E-state index in [9.17, 15) is 14.4 Å². The smallest absolute Gasteiger partial charge is 0.249 e. The van der Waals surface area contributed by atoms with Gasteiger partial charge >= 0.3 is 0 Å². The number of aromatic nitrogens is 2. The number of rotatable bonds is 5. The van der Waals surface area contributed by atoms with E-state index < -0.39 is 11.9 Å². The molecule has 1 saturated carbocycles. The van der Waals surface area contributed by atoms with Gasteiger partial charge in [-0.2, -0.15) is 0 Å². The summed E-state index contributed by atoms with van der Waals surface area (Å²) in [4.78, 5) is 41.1. The number of nitrogens with one attached hydrogen (secondary N) is 1. The van der Waals surface area contributed by atoms with Crippen LogP contribution in [0.1, 0.15) is 18.4 Å². The first-order valence-electron chi connectivity index (χ1n) is 9.79. The molecule has 0 unspecified atom stereocenters. The minimum Gasteiger partial charge on any atom is -0.299 e. The summed E-state index contributed by atoms with van der Waals surface area (Å²) in [6.45, 7) is 0. The number of imide groups is 1. The van der Waals surface area contributed by atoms with Crippen LogP contribution in [0.5, 0.6) is 0 Å². The number of hydrogen-bond donors (Lipinski definition) is 1. The quantitative estimate of drug-likeness (QED) is 0.605. The normalized spacial score (nSPS) is 28.5. The zero-order valence-electron chi connectivity index (χ0n) is 15.6. The highest BCUT2D eigenvalue weighted by atomic mass is 32.1. The van der Waals surface area contributed by atoms with Gasteiger partial charge < -0.3 is 0 Å². The summed E-state index contributed by atoms with van der Waals surface area (Å²) in [5.41, 5.74) is 2.41. The van der Waals surface area contributed by atoms with Crippen LogP contribution in [0.4, 0.5) is 5.13 Å². The van der Waals surface area contributed by atoms with Crippen LogP contribution in [-0.4, -0.2) is 38.9 Å². The SMILES string of the molecule is O=C(Nc1nncs1)[C@@H](Cc1ccccc1)N1C(=O)[C@@H]2[C@H](C1=O)[C@H]1C=C[C@H]2CC1. The Morgan fingerprint density at radius 3 is 2.31 bits per heavy atom. The third-order valence-electron chi connectivity index (χ3n) is 6.27. The van der Waals surface area contributed by atoms with Gasteiger partial charge in [-0.05, 0) is 30.2 Å². The predicted molar refractivity (Wildman–Crippen MR) is 107 cm³/mol. The Balaban J connectivity index is 1.48. The molecule has 0 spiro atoms. The molecule has 2 fully saturated rings. The molecule has 1 aromatic heterocycles. The average molecular weight is 408 g/mol. The Kier molecular flexibility index (Phi) is 4.50. The second-order valence-corrected chi connectivity index (χ2v) is 8.66. The molecular formula is C21H20N4O3S. The van der Waals surface area contributed by atoms with E-state index in [0.29, 0.717) is 5.13 Å². The molecule has 0 radical (unpaired) electrons. The Labute approximate surface area is 171 Å². The van der Waals surface area contributed by atoms with E-state index in [2.05, 4.69) is 27.7 Å². The fraction of sp³-hybridized carbons (Fsp3) is 0.381. The third kappa shape index (κ3) is 3.07. The van der Waals surface area contributed by atoms with Crippen molar-refractivity contribution >= 4 is 34.2 Å². The van der Waals surface area contributed by atoms with Crippen LogP contribution in [0.3, 0.4) is 0 Å². The Hall–Kier alpha value is -2.87. The lowest BCUT2D eigenvalue weighted by molar-refractivity contribution is -0.146. The molecule has 4 aliphatic rings. The van der Waals surface area contributed by atoms with Crippen molar-refractivity contribution in [3.05, 3.63) is 53.6 Å². The molecule has 3 amide bonds. The van der Waals surface area contributed by atoms with Gasteiger partial charge in [0.2, 0.25) is 22.9 Å². The molecule has 2 aromatic rings. The molecule has 29 heavy (non-hydrogen) atoms. The van der Waals surface area contributed by atoms with E-state index in [-0.39, 0.29) is 41.9 Å². The number of benzene rings is 1. The monoisotopic (exact) mass is 408 g/mol. The molecule has 1 aromatic carbocycles. The first-order valence-corrected chi connectivity index (χ1v) is 10.7. The van der Waals surface area contributed by atoms with Gasteiger partial charge in [-0.1, -0.05) is 53.8 Å². The predicted octanol–water partition coefficient (Wildman–Crippen LogP) is 2.29. The van der Waals surface area contributed by atoms with Crippen molar-refractivity contribution in [3.8, 4) is 0 Å². The molecule has 1 aliphatic heterocycles. The van der Waals surface area contributed by atoms with Crippen molar-refractivity contribution in [1.29, 1.82) is 0 Å². The van der Waals surface area contributed by atoms with Crippen LogP contribution in [0.25, 0.3) is 0 Å². The van der Waals surface area contributed by atoms with Crippen LogP contribution in [0, 0.1) is 23.7 Å². The van der Waals surface area contributed by atoms with E-state index in [1.807, 2.05) is 30.3 Å². The Bertz CT molecular complexity index is 943. The zero-order valence-corrected chi connectivity index (χ0v) is 16.4. The van der Waals surface area contributed by atoms with Crippen LogP contribution in [0.2, 0.25) is 0 Å². The van der Waals surface area contributed by atoms with Gasteiger partial charge in [0, 0.05) is 6.42 Å². The molecule has 2 bridgehead atoms. The van der Waals surface area contributed by atoms with Crippen LogP contribution >= 0.6 is 11.3 Å². The van der Waals surface area contributed by atoms with Crippen molar-refractivity contribution in [2.75, 3.05) is 5.32 Å². The zero-order chi connectivity index (χ0) is 20.0. The first-order chi connectivity index (χ1) is 14.1. The number of fused-ring (bicyclic) bond motifs is 1. The highest BCUT2D eigenvalue weighted by Gasteiger charge is 2.58. The number of anilines is 1. The van der Waals surface area contributed by atoms with Crippen LogP contribution in [0.15, 0.2) is 48.0 Å². The van der Waals surface area contributed by atoms with E-state index in [1.54, 1.807) is 0 Å². The lowest BCUT2D eigenvalue weighted by Crippen LogP contribution is -2.49. The second-order valence-electron chi connectivity index (χ2n) is 7.83. The maximum Gasteiger partial charge on any atom is 0.249 e. The lowest BCUT2D eigenvalue weighted by Gasteiger charge is -2.38. The molecule has 1 N–H and O–H groups in total. The number of carbonyl (C=O) groups excluding carboxylic acids is 3. The van der Waals surface area contributed by atoms with Gasteiger partial charge in [0.05, 0.1) is 11.8 Å². The molecular weight excluding hydrogens is 388 g/mol. The number of nitrogens with zero attached hydrogens (tertiary/aromatic N) is 3. The molecule has 1 saturated heterocycles. The molecule has 148 valence electrons. The number of carbonyl (C=O) groups is 3. The summed E-state index contributed by atoms with van der Waals surface area (Å²) in [6, 6.07) is 8.54. The Morgan fingerprint density at radius 1 is 1.10 bits per heavy atom. The lowest BCUT2D eigenvalue weighted by atomic mass is 9.63. The fourth-order valence-electron chi connectivity index (χ4n) is 4.96. The van der Waals surface area contributed by atoms with Crippen molar-refractivity contribution in [1.82, 2.24) is 15.1 Å². The number of allylic oxidation sites excluding steroid dienone is 2. The van der Waals surface area contributed by atoms with E-state index in [4.69, 9.17) is 0 Å². The van der Waals surface area contributed by atoms with Crippen molar-refractivity contribution in [2.45, 2.75) is 25.3 Å². The molecule has 7 nitrogen and oxygen atoms in total. The van der Waals surface area contributed by atoms with Gasteiger partial charge in [0.25, 0.3) is 0 Å². The Morgan fingerprint density at radius 2 is 1.76 bits per heavy atom. The van der Waals surface area contributed by atoms with Gasteiger partial charge in [-0.3, -0.25) is 24.6 Å². The molecule has 8 heteroatoms. The van der Waals surface area contributed by atoms with Crippen molar-refractivity contribution < 1.29 is 14.4 Å². The topological polar surface area (TPSA) is 92.3 Å². The molecule has 2 heterocycles. The molecule has 6 rings (SSSR count). The van der Waals surface area contributed by atoms with Gasteiger partial charge in [0.15, 0.2) is 0 Å². The highest BCUT2D eigenvalue weighted by Crippen LogP contribution is 2.50. The summed E-state index contributed by atoms with van der Waals surface area (Å²) in [7, 11) is 0. The third-order valence-corrected chi connectivity index (χ3v) is 6.88. The summed E-state index contributed by atoms with van der Waals surface area (Å²) in [5.74, 6) is -1.33. The molecule has 5 atom stereocenters. The van der Waals surface area contributed by atoms with E-state index in [0.717, 1.165) is 18.4 Å².